The second kappa shape index (κ2) is 8.68. The van der Waals surface area contributed by atoms with Crippen molar-refractivity contribution in [3.63, 3.8) is 0 Å². The number of hydrogen-bond donors (Lipinski definition) is 1. The number of carbonyl (C=O) groups is 1. The molecule has 0 saturated heterocycles. The lowest BCUT2D eigenvalue weighted by molar-refractivity contribution is -0.117. The standard InChI is InChI=1S/C22H26N2O2/c1-17-7-9-18(10-8-17)16-24-13-11-19(12-14-24)22(25)23-15-20-5-3-4-6-21(20)26-2/h3-11H,12-16H2,1-2H3,(H,23,25). The van der Waals surface area contributed by atoms with Gasteiger partial charge < -0.3 is 10.1 Å². The summed E-state index contributed by atoms with van der Waals surface area (Å²) in [6.07, 6.45) is 2.83. The molecule has 2 aromatic carbocycles. The number of nitrogens with one attached hydrogen (secondary N) is 1. The summed E-state index contributed by atoms with van der Waals surface area (Å²) in [5.41, 5.74) is 4.45. The molecule has 0 aliphatic carbocycles. The highest BCUT2D eigenvalue weighted by Crippen LogP contribution is 2.18. The molecule has 1 amide bonds. The number of ether oxygens (including phenoxy) is 1. The Morgan fingerprint density at radius 2 is 1.92 bits per heavy atom. The van der Waals surface area contributed by atoms with Crippen LogP contribution in [-0.4, -0.2) is 31.0 Å². The SMILES string of the molecule is COc1ccccc1CNC(=O)C1=CCN(Cc2ccc(C)cc2)CC1. The smallest absolute Gasteiger partial charge is 0.247 e. The lowest BCUT2D eigenvalue weighted by Crippen LogP contribution is -2.33. The largest absolute Gasteiger partial charge is 0.496 e. The first-order valence-corrected chi connectivity index (χ1v) is 9.03. The Labute approximate surface area is 155 Å². The maximum absolute atomic E-state index is 12.4. The van der Waals surface area contributed by atoms with Gasteiger partial charge in [-0.15, -0.1) is 0 Å². The molecule has 1 aliphatic heterocycles. The van der Waals surface area contributed by atoms with Gasteiger partial charge in [0.2, 0.25) is 5.91 Å². The first-order chi connectivity index (χ1) is 12.7. The van der Waals surface area contributed by atoms with Gasteiger partial charge in [-0.3, -0.25) is 9.69 Å². The van der Waals surface area contributed by atoms with Gasteiger partial charge in [0, 0.05) is 37.3 Å². The highest BCUT2D eigenvalue weighted by Gasteiger charge is 2.17. The third-order valence-corrected chi connectivity index (χ3v) is 4.74. The molecule has 0 aromatic heterocycles. The van der Waals surface area contributed by atoms with Gasteiger partial charge in [0.05, 0.1) is 7.11 Å². The minimum atomic E-state index is 0.0193. The normalized spacial score (nSPS) is 14.6. The van der Waals surface area contributed by atoms with Gasteiger partial charge in [-0.1, -0.05) is 54.1 Å². The van der Waals surface area contributed by atoms with Crippen LogP contribution >= 0.6 is 0 Å². The molecule has 0 unspecified atom stereocenters. The van der Waals surface area contributed by atoms with E-state index in [2.05, 4.69) is 47.5 Å². The monoisotopic (exact) mass is 350 g/mol. The topological polar surface area (TPSA) is 41.6 Å². The first-order valence-electron chi connectivity index (χ1n) is 9.03. The van der Waals surface area contributed by atoms with Crippen LogP contribution in [0.4, 0.5) is 0 Å². The quantitative estimate of drug-likeness (QED) is 0.868. The van der Waals surface area contributed by atoms with Gasteiger partial charge in [-0.2, -0.15) is 0 Å². The van der Waals surface area contributed by atoms with Gasteiger partial charge in [0.25, 0.3) is 0 Å². The Hall–Kier alpha value is -2.59. The minimum absolute atomic E-state index is 0.0193. The Morgan fingerprint density at radius 1 is 1.15 bits per heavy atom. The van der Waals surface area contributed by atoms with Crippen LogP contribution < -0.4 is 10.1 Å². The van der Waals surface area contributed by atoms with Crippen molar-refractivity contribution < 1.29 is 9.53 Å². The van der Waals surface area contributed by atoms with E-state index in [1.807, 2.05) is 24.3 Å². The lowest BCUT2D eigenvalue weighted by Gasteiger charge is -2.26. The van der Waals surface area contributed by atoms with Gasteiger partial charge in [-0.25, -0.2) is 0 Å². The number of nitrogens with zero attached hydrogens (tertiary/aromatic N) is 1. The van der Waals surface area contributed by atoms with Crippen LogP contribution in [0.2, 0.25) is 0 Å². The molecule has 26 heavy (non-hydrogen) atoms. The van der Waals surface area contributed by atoms with Crippen LogP contribution in [-0.2, 0) is 17.9 Å². The fraction of sp³-hybridized carbons (Fsp3) is 0.318. The number of methoxy groups -OCH3 is 1. The van der Waals surface area contributed by atoms with Gasteiger partial charge >= 0.3 is 0 Å². The maximum atomic E-state index is 12.4. The Morgan fingerprint density at radius 3 is 2.62 bits per heavy atom. The summed E-state index contributed by atoms with van der Waals surface area (Å²) in [5, 5.41) is 3.01. The van der Waals surface area contributed by atoms with Crippen molar-refractivity contribution in [1.82, 2.24) is 10.2 Å². The number of hydrogen-bond acceptors (Lipinski definition) is 3. The van der Waals surface area contributed by atoms with Gasteiger partial charge in [0.1, 0.15) is 5.75 Å². The Bertz CT molecular complexity index is 781. The average Bonchev–Trinajstić information content (AvgIpc) is 2.68. The molecule has 0 radical (unpaired) electrons. The summed E-state index contributed by atoms with van der Waals surface area (Å²) in [7, 11) is 1.65. The zero-order valence-electron chi connectivity index (χ0n) is 15.5. The van der Waals surface area contributed by atoms with Crippen molar-refractivity contribution in [3.8, 4) is 5.75 Å². The molecular weight excluding hydrogens is 324 g/mol. The van der Waals surface area contributed by atoms with E-state index >= 15 is 0 Å². The summed E-state index contributed by atoms with van der Waals surface area (Å²) in [6.45, 7) is 5.22. The third-order valence-electron chi connectivity index (χ3n) is 4.74. The van der Waals surface area contributed by atoms with Gasteiger partial charge in [-0.05, 0) is 25.0 Å². The predicted octanol–water partition coefficient (Wildman–Crippen LogP) is 3.45. The molecule has 0 fully saturated rings. The summed E-state index contributed by atoms with van der Waals surface area (Å²) in [5.74, 6) is 0.820. The van der Waals surface area contributed by atoms with Crippen LogP contribution in [0.3, 0.4) is 0 Å². The van der Waals surface area contributed by atoms with Crippen molar-refractivity contribution in [1.29, 1.82) is 0 Å². The van der Waals surface area contributed by atoms with E-state index in [0.717, 1.165) is 42.9 Å². The second-order valence-electron chi connectivity index (χ2n) is 6.69. The second-order valence-corrected chi connectivity index (χ2v) is 6.69. The highest BCUT2D eigenvalue weighted by molar-refractivity contribution is 5.93. The molecule has 4 nitrogen and oxygen atoms in total. The molecule has 1 heterocycles. The Balaban J connectivity index is 1.51. The molecule has 1 N–H and O–H groups in total. The minimum Gasteiger partial charge on any atom is -0.496 e. The third kappa shape index (κ3) is 4.73. The lowest BCUT2D eigenvalue weighted by atomic mass is 10.1. The number of aryl methyl sites for hydroxylation is 1. The van der Waals surface area contributed by atoms with Crippen molar-refractivity contribution >= 4 is 5.91 Å². The van der Waals surface area contributed by atoms with Crippen molar-refractivity contribution in [2.75, 3.05) is 20.2 Å². The van der Waals surface area contributed by atoms with Gasteiger partial charge in [0.15, 0.2) is 0 Å². The number of carbonyl (C=O) groups excluding carboxylic acids is 1. The summed E-state index contributed by atoms with van der Waals surface area (Å²) < 4.78 is 5.33. The fourth-order valence-corrected chi connectivity index (χ4v) is 3.15. The highest BCUT2D eigenvalue weighted by atomic mass is 16.5. The van der Waals surface area contributed by atoms with Crippen molar-refractivity contribution in [3.05, 3.63) is 76.9 Å². The molecule has 0 spiro atoms. The maximum Gasteiger partial charge on any atom is 0.247 e. The number of amides is 1. The number of para-hydroxylation sites is 1. The molecule has 0 saturated carbocycles. The summed E-state index contributed by atoms with van der Waals surface area (Å²) in [6, 6.07) is 16.4. The van der Waals surface area contributed by atoms with Crippen molar-refractivity contribution in [2.45, 2.75) is 26.4 Å². The van der Waals surface area contributed by atoms with Crippen LogP contribution in [0.1, 0.15) is 23.1 Å². The molecule has 1 aliphatic rings. The van der Waals surface area contributed by atoms with Crippen molar-refractivity contribution in [2.24, 2.45) is 0 Å². The number of rotatable bonds is 6. The van der Waals surface area contributed by atoms with E-state index in [1.165, 1.54) is 11.1 Å². The summed E-state index contributed by atoms with van der Waals surface area (Å²) >= 11 is 0. The van der Waals surface area contributed by atoms with E-state index in [-0.39, 0.29) is 5.91 Å². The molecule has 4 heteroatoms. The van der Waals surface area contributed by atoms with E-state index in [1.54, 1.807) is 7.11 Å². The molecule has 136 valence electrons. The van der Waals surface area contributed by atoms with Crippen LogP contribution in [0.5, 0.6) is 5.75 Å². The zero-order chi connectivity index (χ0) is 18.4. The van der Waals surface area contributed by atoms with E-state index in [4.69, 9.17) is 4.74 Å². The molecule has 0 bridgehead atoms. The van der Waals surface area contributed by atoms with Crippen LogP contribution in [0, 0.1) is 6.92 Å². The van der Waals surface area contributed by atoms with Crippen LogP contribution in [0.25, 0.3) is 0 Å². The first kappa shape index (κ1) is 18.2. The zero-order valence-corrected chi connectivity index (χ0v) is 15.5. The molecule has 0 atom stereocenters. The van der Waals surface area contributed by atoms with Crippen LogP contribution in [0.15, 0.2) is 60.2 Å². The van der Waals surface area contributed by atoms with E-state index in [0.29, 0.717) is 6.54 Å². The molecule has 2 aromatic rings. The number of benzene rings is 2. The Kier molecular flexibility index (Phi) is 6.08. The average molecular weight is 350 g/mol. The summed E-state index contributed by atoms with van der Waals surface area (Å²) in [4.78, 5) is 14.8. The molecule has 3 rings (SSSR count). The fourth-order valence-electron chi connectivity index (χ4n) is 3.15. The van der Waals surface area contributed by atoms with E-state index in [9.17, 15) is 4.79 Å². The van der Waals surface area contributed by atoms with E-state index < -0.39 is 0 Å². The predicted molar refractivity (Wildman–Crippen MR) is 104 cm³/mol. The molecular formula is C22H26N2O2.